The summed E-state index contributed by atoms with van der Waals surface area (Å²) in [6.45, 7) is -0.0661. The second-order valence-electron chi connectivity index (χ2n) is 4.90. The predicted octanol–water partition coefficient (Wildman–Crippen LogP) is 1.49. The Morgan fingerprint density at radius 2 is 2.11 bits per heavy atom. The molecule has 4 nitrogen and oxygen atoms in total. The normalized spacial score (nSPS) is 26.6. The lowest BCUT2D eigenvalue weighted by atomic mass is 9.86. The number of amides is 1. The van der Waals surface area contributed by atoms with Gasteiger partial charge in [-0.05, 0) is 17.7 Å². The van der Waals surface area contributed by atoms with E-state index >= 15 is 0 Å². The number of carbonyl (C=O) groups excluding carboxylic acids is 2. The molecule has 1 amide bonds. The van der Waals surface area contributed by atoms with Gasteiger partial charge in [-0.2, -0.15) is 0 Å². The summed E-state index contributed by atoms with van der Waals surface area (Å²) in [6.07, 6.45) is -0.273. The molecule has 1 aliphatic carbocycles. The van der Waals surface area contributed by atoms with E-state index < -0.39 is 23.2 Å². The van der Waals surface area contributed by atoms with Crippen LogP contribution in [0.3, 0.4) is 0 Å². The van der Waals surface area contributed by atoms with E-state index in [0.717, 1.165) is 0 Å². The molecule has 1 saturated carbocycles. The quantitative estimate of drug-likeness (QED) is 0.784. The Bertz CT molecular complexity index is 600. The second-order valence-corrected chi connectivity index (χ2v) is 4.90. The second kappa shape index (κ2) is 3.53. The third-order valence-electron chi connectivity index (χ3n) is 3.85. The van der Waals surface area contributed by atoms with Gasteiger partial charge in [-0.3, -0.25) is 4.79 Å². The highest BCUT2D eigenvalue weighted by Crippen LogP contribution is 2.62. The Kier molecular flexibility index (Phi) is 2.24. The van der Waals surface area contributed by atoms with E-state index in [1.54, 1.807) is 0 Å². The highest BCUT2D eigenvalue weighted by molar-refractivity contribution is 6.01. The number of hydrogen-bond acceptors (Lipinski definition) is 3. The molecule has 3 rings (SSSR count). The average Bonchev–Trinajstić information content (AvgIpc) is 2.95. The molecule has 1 aromatic carbocycles. The molecule has 0 saturated heterocycles. The largest absolute Gasteiger partial charge is 0.465 e. The van der Waals surface area contributed by atoms with E-state index in [2.05, 4.69) is 10.1 Å². The molecular weight excluding hydrogens is 256 g/mol. The Hall–Kier alpha value is -1.98. The van der Waals surface area contributed by atoms with Crippen LogP contribution in [-0.2, 0) is 10.2 Å². The number of alkyl halides is 2. The third-order valence-corrected chi connectivity index (χ3v) is 3.85. The number of methoxy groups -OCH3 is 1. The van der Waals surface area contributed by atoms with E-state index in [-0.39, 0.29) is 24.1 Å². The number of halogens is 2. The standard InChI is InChI=1S/C13H11F2NO3/c1-19-11(18)7-2-3-9-8(4-7)10(17)16-6-12(9)5-13(12,14)15/h2-4H,5-6H2,1H3,(H,16,17). The number of rotatable bonds is 1. The zero-order chi connectivity index (χ0) is 13.8. The van der Waals surface area contributed by atoms with Crippen molar-refractivity contribution in [1.29, 1.82) is 0 Å². The van der Waals surface area contributed by atoms with Gasteiger partial charge >= 0.3 is 5.97 Å². The lowest BCUT2D eigenvalue weighted by molar-refractivity contribution is 0.0600. The molecule has 1 aliphatic heterocycles. The fraction of sp³-hybridized carbons (Fsp3) is 0.385. The maximum atomic E-state index is 13.6. The number of esters is 1. The molecule has 0 aromatic heterocycles. The van der Waals surface area contributed by atoms with Crippen LogP contribution in [0.1, 0.15) is 32.7 Å². The molecule has 6 heteroatoms. The van der Waals surface area contributed by atoms with Crippen LogP contribution in [0.4, 0.5) is 8.78 Å². The molecule has 2 aliphatic rings. The van der Waals surface area contributed by atoms with Gasteiger partial charge in [-0.1, -0.05) is 6.07 Å². The summed E-state index contributed by atoms with van der Waals surface area (Å²) < 4.78 is 31.7. The zero-order valence-electron chi connectivity index (χ0n) is 10.1. The zero-order valence-corrected chi connectivity index (χ0v) is 10.1. The predicted molar refractivity (Wildman–Crippen MR) is 61.4 cm³/mol. The molecule has 19 heavy (non-hydrogen) atoms. The fourth-order valence-corrected chi connectivity index (χ4v) is 2.63. The highest BCUT2D eigenvalue weighted by Gasteiger charge is 2.73. The first-order valence-electron chi connectivity index (χ1n) is 5.80. The summed E-state index contributed by atoms with van der Waals surface area (Å²) in [5.41, 5.74) is -0.678. The summed E-state index contributed by atoms with van der Waals surface area (Å²) in [5, 5.41) is 2.46. The van der Waals surface area contributed by atoms with Gasteiger partial charge in [-0.15, -0.1) is 0 Å². The molecule has 1 unspecified atom stereocenters. The number of hydrogen-bond donors (Lipinski definition) is 1. The summed E-state index contributed by atoms with van der Waals surface area (Å²) in [4.78, 5) is 23.2. The van der Waals surface area contributed by atoms with Crippen molar-refractivity contribution >= 4 is 11.9 Å². The Morgan fingerprint density at radius 1 is 1.42 bits per heavy atom. The first kappa shape index (κ1) is 12.1. The van der Waals surface area contributed by atoms with Crippen LogP contribution < -0.4 is 5.32 Å². The van der Waals surface area contributed by atoms with E-state index in [1.165, 1.54) is 25.3 Å². The van der Waals surface area contributed by atoms with Crippen LogP contribution in [0, 0.1) is 0 Å². The van der Waals surface area contributed by atoms with Gasteiger partial charge in [0.25, 0.3) is 11.8 Å². The van der Waals surface area contributed by atoms with Crippen molar-refractivity contribution < 1.29 is 23.1 Å². The maximum absolute atomic E-state index is 13.6. The Morgan fingerprint density at radius 3 is 2.68 bits per heavy atom. The van der Waals surface area contributed by atoms with Crippen LogP contribution in [0.5, 0.6) is 0 Å². The van der Waals surface area contributed by atoms with E-state index in [1.807, 2.05) is 0 Å². The van der Waals surface area contributed by atoms with Crippen molar-refractivity contribution in [2.75, 3.05) is 13.7 Å². The Labute approximate surface area is 107 Å². The van der Waals surface area contributed by atoms with E-state index in [0.29, 0.717) is 5.56 Å². The van der Waals surface area contributed by atoms with Gasteiger partial charge < -0.3 is 10.1 Å². The minimum atomic E-state index is -2.80. The van der Waals surface area contributed by atoms with Gasteiger partial charge in [0.2, 0.25) is 0 Å². The van der Waals surface area contributed by atoms with Crippen molar-refractivity contribution in [2.24, 2.45) is 0 Å². The SMILES string of the molecule is COC(=O)c1ccc2c(c1)C(=O)NCC21CC1(F)F. The number of ether oxygens (including phenoxy) is 1. The van der Waals surface area contributed by atoms with Crippen molar-refractivity contribution in [2.45, 2.75) is 17.8 Å². The van der Waals surface area contributed by atoms with Gasteiger partial charge in [0.15, 0.2) is 0 Å². The molecule has 0 radical (unpaired) electrons. The van der Waals surface area contributed by atoms with E-state index in [4.69, 9.17) is 0 Å². The number of carbonyl (C=O) groups is 2. The molecule has 1 N–H and O–H groups in total. The van der Waals surface area contributed by atoms with Crippen LogP contribution in [0.25, 0.3) is 0 Å². The molecule has 1 aromatic rings. The first-order valence-corrected chi connectivity index (χ1v) is 5.80. The lowest BCUT2D eigenvalue weighted by Crippen LogP contribution is -2.42. The van der Waals surface area contributed by atoms with Gasteiger partial charge in [0, 0.05) is 18.5 Å². The molecule has 1 atom stereocenters. The average molecular weight is 267 g/mol. The molecule has 1 fully saturated rings. The summed E-state index contributed by atoms with van der Waals surface area (Å²) >= 11 is 0. The minimum Gasteiger partial charge on any atom is -0.465 e. The highest BCUT2D eigenvalue weighted by atomic mass is 19.3. The van der Waals surface area contributed by atoms with Crippen molar-refractivity contribution in [3.05, 3.63) is 34.9 Å². The third kappa shape index (κ3) is 1.49. The van der Waals surface area contributed by atoms with Crippen LogP contribution in [0.2, 0.25) is 0 Å². The van der Waals surface area contributed by atoms with Gasteiger partial charge in [0.1, 0.15) is 0 Å². The number of benzene rings is 1. The van der Waals surface area contributed by atoms with Crippen molar-refractivity contribution in [3.63, 3.8) is 0 Å². The first-order chi connectivity index (χ1) is 8.91. The summed E-state index contributed by atoms with van der Waals surface area (Å²) in [5.74, 6) is -3.84. The number of fused-ring (bicyclic) bond motifs is 2. The Balaban J connectivity index is 2.11. The molecule has 100 valence electrons. The van der Waals surface area contributed by atoms with Crippen LogP contribution in [-0.4, -0.2) is 31.5 Å². The summed E-state index contributed by atoms with van der Waals surface area (Å²) in [7, 11) is 1.22. The van der Waals surface area contributed by atoms with Crippen molar-refractivity contribution in [1.82, 2.24) is 5.32 Å². The minimum absolute atomic E-state index is 0.0661. The molecule has 1 spiro atoms. The molecule has 0 bridgehead atoms. The van der Waals surface area contributed by atoms with Gasteiger partial charge in [0.05, 0.1) is 18.1 Å². The maximum Gasteiger partial charge on any atom is 0.337 e. The van der Waals surface area contributed by atoms with Gasteiger partial charge in [-0.25, -0.2) is 13.6 Å². The van der Waals surface area contributed by atoms with Crippen LogP contribution in [0.15, 0.2) is 18.2 Å². The topological polar surface area (TPSA) is 55.4 Å². The number of nitrogens with one attached hydrogen (secondary N) is 1. The monoisotopic (exact) mass is 267 g/mol. The smallest absolute Gasteiger partial charge is 0.337 e. The van der Waals surface area contributed by atoms with Crippen LogP contribution >= 0.6 is 0 Å². The molecule has 1 heterocycles. The summed E-state index contributed by atoms with van der Waals surface area (Å²) in [6, 6.07) is 4.16. The van der Waals surface area contributed by atoms with E-state index in [9.17, 15) is 18.4 Å². The van der Waals surface area contributed by atoms with Crippen molar-refractivity contribution in [3.8, 4) is 0 Å². The lowest BCUT2D eigenvalue weighted by Gasteiger charge is -2.26. The fourth-order valence-electron chi connectivity index (χ4n) is 2.63. The molecular formula is C13H11F2NO3.